The van der Waals surface area contributed by atoms with Crippen LogP contribution in [0.4, 0.5) is 4.79 Å². The van der Waals surface area contributed by atoms with E-state index >= 15 is 0 Å². The molecule has 2 aromatic rings. The van der Waals surface area contributed by atoms with E-state index in [1.54, 1.807) is 39.0 Å². The maximum absolute atomic E-state index is 14.5. The predicted octanol–water partition coefficient (Wildman–Crippen LogP) is 4.34. The fraction of sp³-hybridized carbons (Fsp3) is 0.568. The number of nitrogens with zero attached hydrogens (tertiary/aromatic N) is 3. The first-order valence-electron chi connectivity index (χ1n) is 18.1. The molecule has 0 spiro atoms. The third kappa shape index (κ3) is 9.80. The summed E-state index contributed by atoms with van der Waals surface area (Å²) >= 11 is 6.49. The van der Waals surface area contributed by atoms with E-state index < -0.39 is 74.3 Å². The molecule has 0 radical (unpaired) electrons. The molecule has 1 aromatic heterocycles. The van der Waals surface area contributed by atoms with Crippen molar-refractivity contribution in [1.29, 1.82) is 0 Å². The van der Waals surface area contributed by atoms with Gasteiger partial charge in [0.2, 0.25) is 21.8 Å². The van der Waals surface area contributed by atoms with Crippen LogP contribution >= 0.6 is 11.6 Å². The van der Waals surface area contributed by atoms with Crippen molar-refractivity contribution >= 4 is 56.5 Å². The molecule has 54 heavy (non-hydrogen) atoms. The number of hydrogen-bond donors (Lipinski definition) is 3. The summed E-state index contributed by atoms with van der Waals surface area (Å²) in [6.45, 7) is 12.5. The Morgan fingerprint density at radius 1 is 1.11 bits per heavy atom. The Hall–Kier alpha value is -4.44. The molecule has 3 N–H and O–H groups in total. The minimum atomic E-state index is -3.92. The van der Waals surface area contributed by atoms with Gasteiger partial charge in [0.25, 0.3) is 11.8 Å². The van der Waals surface area contributed by atoms with Gasteiger partial charge in [0.1, 0.15) is 35.1 Å². The summed E-state index contributed by atoms with van der Waals surface area (Å²) in [4.78, 5) is 65.4. The highest BCUT2D eigenvalue weighted by molar-refractivity contribution is 7.91. The number of rotatable bonds is 17. The smallest absolute Gasteiger partial charge is 0.408 e. The van der Waals surface area contributed by atoms with Crippen LogP contribution in [0.15, 0.2) is 43.5 Å². The lowest BCUT2D eigenvalue weighted by Gasteiger charge is -2.30. The molecule has 1 aliphatic heterocycles. The second-order valence-corrected chi connectivity index (χ2v) is 17.3. The van der Waals surface area contributed by atoms with Gasteiger partial charge >= 0.3 is 6.09 Å². The van der Waals surface area contributed by atoms with Crippen LogP contribution in [-0.4, -0.2) is 95.3 Å². The van der Waals surface area contributed by atoms with Gasteiger partial charge in [-0.05, 0) is 71.4 Å². The molecule has 5 rings (SSSR count). The lowest BCUT2D eigenvalue weighted by Crippen LogP contribution is -2.58. The molecule has 3 fully saturated rings. The van der Waals surface area contributed by atoms with E-state index in [9.17, 15) is 27.6 Å². The second-order valence-electron chi connectivity index (χ2n) is 15.0. The maximum atomic E-state index is 14.5. The molecule has 2 heterocycles. The monoisotopic (exact) mass is 788 g/mol. The number of hydrogen-bond acceptors (Lipinski definition) is 11. The highest BCUT2D eigenvalue weighted by Crippen LogP contribution is 2.45. The van der Waals surface area contributed by atoms with Crippen LogP contribution in [0.3, 0.4) is 0 Å². The molecule has 3 aliphatic rings. The topological polar surface area (TPSA) is 195 Å². The van der Waals surface area contributed by atoms with Crippen molar-refractivity contribution in [2.45, 2.75) is 113 Å². The van der Waals surface area contributed by atoms with Crippen LogP contribution in [-0.2, 0) is 29.1 Å². The van der Waals surface area contributed by atoms with Gasteiger partial charge in [0.15, 0.2) is 5.15 Å². The number of likely N-dealkylation sites (tertiary alicyclic amines) is 1. The van der Waals surface area contributed by atoms with Crippen LogP contribution < -0.4 is 24.8 Å². The second kappa shape index (κ2) is 16.5. The predicted molar refractivity (Wildman–Crippen MR) is 201 cm³/mol. The number of unbranched alkanes of at least 4 members (excludes halogenated alkanes) is 3. The van der Waals surface area contributed by atoms with Crippen molar-refractivity contribution in [2.75, 3.05) is 13.7 Å². The molecule has 5 atom stereocenters. The molecule has 2 aliphatic carbocycles. The first-order chi connectivity index (χ1) is 25.5. The molecule has 0 unspecified atom stereocenters. The van der Waals surface area contributed by atoms with E-state index in [1.165, 1.54) is 18.1 Å². The third-order valence-corrected chi connectivity index (χ3v) is 11.6. The molecule has 0 bridgehead atoms. The lowest BCUT2D eigenvalue weighted by atomic mass is 10.0. The number of benzene rings is 1. The zero-order valence-electron chi connectivity index (χ0n) is 31.1. The summed E-state index contributed by atoms with van der Waals surface area (Å²) in [5, 5.41) is 4.76. The van der Waals surface area contributed by atoms with Gasteiger partial charge in [-0.2, -0.15) is 0 Å². The Labute approximate surface area is 320 Å². The number of allylic oxidation sites excluding steroid dienone is 1. The van der Waals surface area contributed by atoms with Gasteiger partial charge in [-0.3, -0.25) is 19.1 Å². The number of carbonyl (C=O) groups excluding carboxylic acids is 4. The number of alkyl carbamates (subject to hydrolysis) is 1. The first kappa shape index (κ1) is 40.7. The van der Waals surface area contributed by atoms with E-state index in [2.05, 4.69) is 38.5 Å². The van der Waals surface area contributed by atoms with Crippen molar-refractivity contribution in [3.05, 3.63) is 48.7 Å². The van der Waals surface area contributed by atoms with Gasteiger partial charge in [-0.1, -0.05) is 36.6 Å². The normalized spacial score (nSPS) is 22.8. The van der Waals surface area contributed by atoms with Crippen molar-refractivity contribution in [3.8, 4) is 11.6 Å². The summed E-state index contributed by atoms with van der Waals surface area (Å²) in [6, 6.07) is 2.79. The first-order valence-corrected chi connectivity index (χ1v) is 20.0. The fourth-order valence-electron chi connectivity index (χ4n) is 6.47. The van der Waals surface area contributed by atoms with Crippen LogP contribution in [0.2, 0.25) is 5.15 Å². The van der Waals surface area contributed by atoms with Gasteiger partial charge in [-0.15, -0.1) is 13.2 Å². The number of sulfonamides is 1. The molecule has 17 heteroatoms. The highest BCUT2D eigenvalue weighted by atomic mass is 35.5. The standard InChI is InChI=1S/C37H49ClN6O9S/c1-7-9-10-11-12-13-27(41-35(48)53-36(3,4)5)33(46)44-21-24(52-32-30(38)39-26-17-14-23(51-6)18-28(26)40-32)19-29(44)31(45)42-37(20-22(37)8-2)34(47)43-54(49,50)25-15-16-25/h7-8,14,17-18,22,24-25,27,29H,1-2,9-13,15-16,19-21H2,3-6H3,(H,41,48)(H,42,45)(H,43,47)/t22-,24-,27+,29+,37-/m1/s1. The number of carbonyl (C=O) groups is 4. The van der Waals surface area contributed by atoms with Crippen molar-refractivity contribution in [3.63, 3.8) is 0 Å². The van der Waals surface area contributed by atoms with Crippen LogP contribution in [0.25, 0.3) is 11.0 Å². The minimum absolute atomic E-state index is 0.0310. The number of aromatic nitrogens is 2. The SMILES string of the molecule is C=CCCCCC[C@H](NC(=O)OC(C)(C)C)C(=O)N1C[C@H](Oc2nc3cc(OC)ccc3nc2Cl)C[C@H]1C(=O)N[C@]1(C(=O)NS(=O)(=O)C2CC2)C[C@H]1C=C. The van der Waals surface area contributed by atoms with E-state index in [0.29, 0.717) is 36.0 Å². The number of ether oxygens (including phenoxy) is 3. The lowest BCUT2D eigenvalue weighted by molar-refractivity contribution is -0.141. The highest BCUT2D eigenvalue weighted by Gasteiger charge is 2.62. The number of halogens is 1. The van der Waals surface area contributed by atoms with E-state index in [1.807, 2.05) is 6.08 Å². The molecule has 4 amide bonds. The summed E-state index contributed by atoms with van der Waals surface area (Å²) in [6.07, 6.45) is 5.84. The van der Waals surface area contributed by atoms with Gasteiger partial charge in [0, 0.05) is 18.4 Å². The summed E-state index contributed by atoms with van der Waals surface area (Å²) in [5.41, 5.74) is -1.49. The third-order valence-electron chi connectivity index (χ3n) is 9.57. The fourth-order valence-corrected chi connectivity index (χ4v) is 8.01. The van der Waals surface area contributed by atoms with Crippen molar-refractivity contribution in [1.82, 2.24) is 30.2 Å². The van der Waals surface area contributed by atoms with Crippen LogP contribution in [0.1, 0.15) is 78.6 Å². The zero-order chi connectivity index (χ0) is 39.4. The number of nitrogens with one attached hydrogen (secondary N) is 3. The quantitative estimate of drug-likeness (QED) is 0.152. The molecular formula is C37H49ClN6O9S. The van der Waals surface area contributed by atoms with Crippen LogP contribution in [0.5, 0.6) is 11.6 Å². The Kier molecular flexibility index (Phi) is 12.5. The largest absolute Gasteiger partial charge is 0.497 e. The molecule has 15 nitrogen and oxygen atoms in total. The summed E-state index contributed by atoms with van der Waals surface area (Å²) in [5.74, 6) is -2.18. The molecule has 1 aromatic carbocycles. The Morgan fingerprint density at radius 3 is 2.48 bits per heavy atom. The maximum Gasteiger partial charge on any atom is 0.408 e. The number of fused-ring (bicyclic) bond motifs is 1. The molecular weight excluding hydrogens is 740 g/mol. The van der Waals surface area contributed by atoms with Crippen LogP contribution in [0, 0.1) is 5.92 Å². The summed E-state index contributed by atoms with van der Waals surface area (Å²) < 4.78 is 44.5. The van der Waals surface area contributed by atoms with E-state index in [0.717, 1.165) is 19.3 Å². The average Bonchev–Trinajstić information content (AvgIpc) is 4.03. The zero-order valence-corrected chi connectivity index (χ0v) is 32.6. The van der Waals surface area contributed by atoms with E-state index in [-0.39, 0.29) is 36.8 Å². The van der Waals surface area contributed by atoms with Gasteiger partial charge in [-0.25, -0.2) is 23.2 Å². The molecule has 2 saturated carbocycles. The Bertz CT molecular complexity index is 1900. The number of methoxy groups -OCH3 is 1. The van der Waals surface area contributed by atoms with Crippen molar-refractivity contribution in [2.24, 2.45) is 5.92 Å². The van der Waals surface area contributed by atoms with E-state index in [4.69, 9.17) is 25.8 Å². The van der Waals surface area contributed by atoms with Gasteiger partial charge < -0.3 is 29.7 Å². The molecule has 1 saturated heterocycles. The van der Waals surface area contributed by atoms with Crippen molar-refractivity contribution < 1.29 is 41.8 Å². The summed E-state index contributed by atoms with van der Waals surface area (Å²) in [7, 11) is -2.40. The van der Waals surface area contributed by atoms with Gasteiger partial charge in [0.05, 0.1) is 29.9 Å². The Balaban J connectivity index is 1.43. The minimum Gasteiger partial charge on any atom is -0.497 e. The molecule has 294 valence electrons. The Morgan fingerprint density at radius 2 is 1.85 bits per heavy atom. The average molecular weight is 789 g/mol. The number of amides is 4.